The van der Waals surface area contributed by atoms with E-state index in [1.165, 1.54) is 11.3 Å². The molecule has 3 rings (SSSR count). The van der Waals surface area contributed by atoms with Crippen LogP contribution in [0.25, 0.3) is 21.6 Å². The number of rotatable bonds is 2. The van der Waals surface area contributed by atoms with Crippen molar-refractivity contribution in [1.29, 1.82) is 0 Å². The molecule has 0 radical (unpaired) electrons. The molecule has 0 spiro atoms. The van der Waals surface area contributed by atoms with Crippen molar-refractivity contribution in [2.24, 2.45) is 0 Å². The second-order valence-electron chi connectivity index (χ2n) is 4.74. The van der Waals surface area contributed by atoms with E-state index in [0.29, 0.717) is 21.6 Å². The van der Waals surface area contributed by atoms with E-state index >= 15 is 0 Å². The van der Waals surface area contributed by atoms with Gasteiger partial charge in [0.2, 0.25) is 5.43 Å². The smallest absolute Gasteiger partial charge is 0.206 e. The van der Waals surface area contributed by atoms with E-state index in [1.54, 1.807) is 14.0 Å². The van der Waals surface area contributed by atoms with Gasteiger partial charge in [0, 0.05) is 16.0 Å². The predicted octanol–water partition coefficient (Wildman–Crippen LogP) is 4.91. The Morgan fingerprint density at radius 3 is 2.48 bits per heavy atom. The third kappa shape index (κ3) is 2.30. The van der Waals surface area contributed by atoms with Crippen molar-refractivity contribution in [2.45, 2.75) is 13.8 Å². The molecule has 2 aromatic heterocycles. The Labute approximate surface area is 134 Å². The second-order valence-corrected chi connectivity index (χ2v) is 6.76. The van der Waals surface area contributed by atoms with Crippen molar-refractivity contribution < 1.29 is 9.15 Å². The minimum Gasteiger partial charge on any atom is -0.497 e. The number of benzene rings is 1. The van der Waals surface area contributed by atoms with Gasteiger partial charge >= 0.3 is 0 Å². The van der Waals surface area contributed by atoms with Crippen LogP contribution in [0.2, 0.25) is 0 Å². The molecule has 1 aromatic carbocycles. The second kappa shape index (κ2) is 5.31. The summed E-state index contributed by atoms with van der Waals surface area (Å²) >= 11 is 4.95. The summed E-state index contributed by atoms with van der Waals surface area (Å²) in [5.74, 6) is 1.38. The maximum Gasteiger partial charge on any atom is 0.206 e. The molecule has 5 heteroatoms. The predicted molar refractivity (Wildman–Crippen MR) is 89.5 cm³/mol. The summed E-state index contributed by atoms with van der Waals surface area (Å²) < 4.78 is 12.7. The van der Waals surface area contributed by atoms with E-state index in [0.717, 1.165) is 20.7 Å². The number of methoxy groups -OCH3 is 1. The number of aryl methyl sites for hydroxylation is 1. The van der Waals surface area contributed by atoms with E-state index in [1.807, 2.05) is 31.2 Å². The van der Waals surface area contributed by atoms with E-state index in [9.17, 15) is 4.79 Å². The third-order valence-electron chi connectivity index (χ3n) is 3.41. The van der Waals surface area contributed by atoms with Crippen LogP contribution in [0.15, 0.2) is 37.9 Å². The van der Waals surface area contributed by atoms with Crippen LogP contribution in [0.1, 0.15) is 10.4 Å². The summed E-state index contributed by atoms with van der Waals surface area (Å²) in [5.41, 5.74) is 2.14. The van der Waals surface area contributed by atoms with Crippen molar-refractivity contribution in [1.82, 2.24) is 0 Å². The molecule has 0 amide bonds. The lowest BCUT2D eigenvalue weighted by molar-refractivity contribution is 0.415. The number of hydrogen-bond acceptors (Lipinski definition) is 4. The molecule has 108 valence electrons. The van der Waals surface area contributed by atoms with E-state index in [4.69, 9.17) is 9.15 Å². The zero-order chi connectivity index (χ0) is 15.1. The molecule has 0 bridgehead atoms. The topological polar surface area (TPSA) is 39.4 Å². The summed E-state index contributed by atoms with van der Waals surface area (Å²) in [7, 11) is 1.62. The molecule has 0 atom stereocenters. The van der Waals surface area contributed by atoms with Crippen LogP contribution >= 0.6 is 27.3 Å². The van der Waals surface area contributed by atoms with Crippen LogP contribution in [-0.2, 0) is 0 Å². The van der Waals surface area contributed by atoms with Gasteiger partial charge in [0.1, 0.15) is 16.2 Å². The summed E-state index contributed by atoms with van der Waals surface area (Å²) in [6.07, 6.45) is 0. The molecule has 3 nitrogen and oxygen atoms in total. The monoisotopic (exact) mass is 364 g/mol. The largest absolute Gasteiger partial charge is 0.497 e. The lowest BCUT2D eigenvalue weighted by atomic mass is 10.1. The third-order valence-corrected chi connectivity index (χ3v) is 5.72. The number of halogens is 1. The first kappa shape index (κ1) is 14.4. The van der Waals surface area contributed by atoms with Crippen molar-refractivity contribution in [2.75, 3.05) is 7.11 Å². The lowest BCUT2D eigenvalue weighted by Crippen LogP contribution is -2.05. The van der Waals surface area contributed by atoms with Gasteiger partial charge in [-0.15, -0.1) is 11.3 Å². The molecular weight excluding hydrogens is 352 g/mol. The van der Waals surface area contributed by atoms with Gasteiger partial charge in [-0.3, -0.25) is 4.79 Å². The molecule has 0 saturated carbocycles. The molecule has 0 fully saturated rings. The maximum absolute atomic E-state index is 12.5. The van der Waals surface area contributed by atoms with Gasteiger partial charge < -0.3 is 9.15 Å². The summed E-state index contributed by atoms with van der Waals surface area (Å²) in [5, 5.41) is 0. The molecule has 3 aromatic rings. The van der Waals surface area contributed by atoms with Gasteiger partial charge in [-0.1, -0.05) is 0 Å². The minimum absolute atomic E-state index is 0.0286. The van der Waals surface area contributed by atoms with Gasteiger partial charge in [0.25, 0.3) is 0 Å². The lowest BCUT2D eigenvalue weighted by Gasteiger charge is -2.06. The van der Waals surface area contributed by atoms with Crippen LogP contribution in [0.3, 0.4) is 0 Å². The van der Waals surface area contributed by atoms with Gasteiger partial charge in [-0.25, -0.2) is 0 Å². The Kier molecular flexibility index (Phi) is 3.63. The fraction of sp³-hybridized carbons (Fsp3) is 0.188. The highest BCUT2D eigenvalue weighted by Gasteiger charge is 2.18. The first-order chi connectivity index (χ1) is 10.0. The van der Waals surface area contributed by atoms with E-state index in [2.05, 4.69) is 15.9 Å². The number of ether oxygens (including phenoxy) is 1. The van der Waals surface area contributed by atoms with Crippen LogP contribution in [-0.4, -0.2) is 7.11 Å². The maximum atomic E-state index is 12.5. The molecule has 21 heavy (non-hydrogen) atoms. The van der Waals surface area contributed by atoms with E-state index in [-0.39, 0.29) is 5.43 Å². The Morgan fingerprint density at radius 1 is 1.19 bits per heavy atom. The fourth-order valence-corrected chi connectivity index (χ4v) is 3.84. The molecule has 0 aliphatic heterocycles. The zero-order valence-corrected chi connectivity index (χ0v) is 14.2. The molecule has 0 aliphatic carbocycles. The fourth-order valence-electron chi connectivity index (χ4n) is 2.21. The first-order valence-corrected chi connectivity index (χ1v) is 8.00. The SMILES string of the molecule is COc1ccc(-c2oc3c(Br)c(C)sc3c(=O)c2C)cc1. The molecule has 0 saturated heterocycles. The Balaban J connectivity index is 2.29. The van der Waals surface area contributed by atoms with Crippen molar-refractivity contribution >= 4 is 37.5 Å². The first-order valence-electron chi connectivity index (χ1n) is 6.39. The average molecular weight is 365 g/mol. The Hall–Kier alpha value is -1.59. The van der Waals surface area contributed by atoms with Crippen molar-refractivity contribution in [3.05, 3.63) is 49.4 Å². The average Bonchev–Trinajstić information content (AvgIpc) is 2.79. The van der Waals surface area contributed by atoms with Gasteiger partial charge in [-0.2, -0.15) is 0 Å². The van der Waals surface area contributed by atoms with Crippen LogP contribution in [0.4, 0.5) is 0 Å². The standard InChI is InChI=1S/C16H13BrO3S/c1-8-13(18)16-15(12(17)9(2)21-16)20-14(8)10-4-6-11(19-3)7-5-10/h4-7H,1-3H3. The highest BCUT2D eigenvalue weighted by atomic mass is 79.9. The molecule has 0 N–H and O–H groups in total. The van der Waals surface area contributed by atoms with Crippen LogP contribution in [0, 0.1) is 13.8 Å². The summed E-state index contributed by atoms with van der Waals surface area (Å²) in [4.78, 5) is 13.6. The minimum atomic E-state index is 0.0286. The van der Waals surface area contributed by atoms with Gasteiger partial charge in [0.15, 0.2) is 5.58 Å². The van der Waals surface area contributed by atoms with Crippen LogP contribution < -0.4 is 10.2 Å². The highest BCUT2D eigenvalue weighted by Crippen LogP contribution is 2.36. The van der Waals surface area contributed by atoms with Gasteiger partial charge in [-0.05, 0) is 54.0 Å². The highest BCUT2D eigenvalue weighted by molar-refractivity contribution is 9.10. The zero-order valence-electron chi connectivity index (χ0n) is 11.8. The molecule has 2 heterocycles. The van der Waals surface area contributed by atoms with E-state index < -0.39 is 0 Å². The van der Waals surface area contributed by atoms with Gasteiger partial charge in [0.05, 0.1) is 11.6 Å². The Morgan fingerprint density at radius 2 is 1.86 bits per heavy atom. The molecular formula is C16H13BrO3S. The number of hydrogen-bond donors (Lipinski definition) is 0. The molecule has 0 aliphatic rings. The molecule has 0 unspecified atom stereocenters. The Bertz CT molecular complexity index is 875. The van der Waals surface area contributed by atoms with Crippen LogP contribution in [0.5, 0.6) is 5.75 Å². The quantitative estimate of drug-likeness (QED) is 0.648. The van der Waals surface area contributed by atoms with Crippen molar-refractivity contribution in [3.8, 4) is 17.1 Å². The normalized spacial score (nSPS) is 11.0. The number of thiophene rings is 1. The van der Waals surface area contributed by atoms with Crippen molar-refractivity contribution in [3.63, 3.8) is 0 Å². The summed E-state index contributed by atoms with van der Waals surface area (Å²) in [6, 6.07) is 7.49. The number of fused-ring (bicyclic) bond motifs is 1. The summed E-state index contributed by atoms with van der Waals surface area (Å²) in [6.45, 7) is 3.76.